The first-order chi connectivity index (χ1) is 9.69. The molecule has 108 valence electrons. The van der Waals surface area contributed by atoms with Crippen molar-refractivity contribution in [1.29, 1.82) is 0 Å². The Morgan fingerprint density at radius 1 is 1.30 bits per heavy atom. The average molecular weight is 273 g/mol. The molecule has 0 radical (unpaired) electrons. The van der Waals surface area contributed by atoms with E-state index in [0.717, 1.165) is 31.0 Å². The summed E-state index contributed by atoms with van der Waals surface area (Å²) in [4.78, 5) is 0. The maximum atomic E-state index is 5.43. The lowest BCUT2D eigenvalue weighted by molar-refractivity contribution is 0.408. The molecule has 0 aliphatic rings. The Balaban J connectivity index is 2.41. The van der Waals surface area contributed by atoms with Gasteiger partial charge in [-0.05, 0) is 30.7 Å². The second-order valence-corrected chi connectivity index (χ2v) is 4.82. The maximum absolute atomic E-state index is 5.43. The number of hydrogen-bond donors (Lipinski definition) is 1. The molecule has 1 N–H and O–H groups in total. The molecular weight excluding hydrogens is 250 g/mol. The molecule has 0 bridgehead atoms. The van der Waals surface area contributed by atoms with E-state index in [-0.39, 0.29) is 0 Å². The van der Waals surface area contributed by atoms with Crippen LogP contribution in [0.3, 0.4) is 0 Å². The lowest BCUT2D eigenvalue weighted by Gasteiger charge is -2.11. The van der Waals surface area contributed by atoms with Gasteiger partial charge in [0.15, 0.2) is 0 Å². The predicted molar refractivity (Wildman–Crippen MR) is 82.0 cm³/mol. The molecule has 1 heterocycles. The fourth-order valence-electron chi connectivity index (χ4n) is 2.38. The second-order valence-electron chi connectivity index (χ2n) is 4.82. The minimum atomic E-state index is 0.815. The molecule has 0 aliphatic heterocycles. The van der Waals surface area contributed by atoms with Crippen LogP contribution in [-0.2, 0) is 20.0 Å². The molecule has 0 saturated heterocycles. The van der Waals surface area contributed by atoms with Gasteiger partial charge in [-0.1, -0.05) is 19.9 Å². The van der Waals surface area contributed by atoms with Crippen LogP contribution in [0, 0.1) is 0 Å². The van der Waals surface area contributed by atoms with Crippen LogP contribution in [0.1, 0.15) is 25.1 Å². The summed E-state index contributed by atoms with van der Waals surface area (Å²) in [5.74, 6) is 0.927. The van der Waals surface area contributed by atoms with E-state index in [9.17, 15) is 0 Å². The van der Waals surface area contributed by atoms with Crippen LogP contribution in [0.25, 0.3) is 11.1 Å². The number of nitrogens with zero attached hydrogens (tertiary/aromatic N) is 2. The first-order valence-electron chi connectivity index (χ1n) is 7.10. The highest BCUT2D eigenvalue weighted by Crippen LogP contribution is 2.28. The fraction of sp³-hybridized carbons (Fsp3) is 0.438. The molecule has 0 atom stereocenters. The number of aromatic nitrogens is 2. The van der Waals surface area contributed by atoms with Crippen molar-refractivity contribution in [1.82, 2.24) is 15.1 Å². The van der Waals surface area contributed by atoms with Gasteiger partial charge in [-0.25, -0.2) is 0 Å². The normalized spacial score (nSPS) is 10.8. The Hall–Kier alpha value is -1.81. The summed E-state index contributed by atoms with van der Waals surface area (Å²) in [5, 5.41) is 7.86. The zero-order valence-corrected chi connectivity index (χ0v) is 12.7. The lowest BCUT2D eigenvalue weighted by atomic mass is 10.0. The monoisotopic (exact) mass is 273 g/mol. The summed E-state index contributed by atoms with van der Waals surface area (Å²) in [6, 6.07) is 6.33. The standard InChI is InChI=1S/C16H23N3O/c1-5-15-14(11-19(3)18-15)12-7-8-16(20-4)13(9-12)10-17-6-2/h7-9,11,17H,5-6,10H2,1-4H3. The molecule has 0 fully saturated rings. The van der Waals surface area contributed by atoms with Crippen molar-refractivity contribution >= 4 is 0 Å². The van der Waals surface area contributed by atoms with E-state index in [2.05, 4.69) is 42.6 Å². The van der Waals surface area contributed by atoms with Crippen molar-refractivity contribution in [2.75, 3.05) is 13.7 Å². The van der Waals surface area contributed by atoms with Gasteiger partial charge in [-0.15, -0.1) is 0 Å². The van der Waals surface area contributed by atoms with E-state index >= 15 is 0 Å². The molecule has 0 amide bonds. The molecule has 2 rings (SSSR count). The van der Waals surface area contributed by atoms with Gasteiger partial charge in [0.05, 0.1) is 12.8 Å². The Kier molecular flexibility index (Phi) is 4.79. The van der Waals surface area contributed by atoms with Gasteiger partial charge in [0, 0.05) is 30.9 Å². The van der Waals surface area contributed by atoms with Crippen LogP contribution in [-0.4, -0.2) is 23.4 Å². The maximum Gasteiger partial charge on any atom is 0.123 e. The van der Waals surface area contributed by atoms with Gasteiger partial charge in [0.25, 0.3) is 0 Å². The van der Waals surface area contributed by atoms with Gasteiger partial charge >= 0.3 is 0 Å². The van der Waals surface area contributed by atoms with Crippen LogP contribution in [0.4, 0.5) is 0 Å². The third kappa shape index (κ3) is 3.02. The summed E-state index contributed by atoms with van der Waals surface area (Å²) >= 11 is 0. The molecule has 0 spiro atoms. The number of hydrogen-bond acceptors (Lipinski definition) is 3. The molecule has 0 saturated carbocycles. The van der Waals surface area contributed by atoms with Crippen LogP contribution in [0.15, 0.2) is 24.4 Å². The fourth-order valence-corrected chi connectivity index (χ4v) is 2.38. The summed E-state index contributed by atoms with van der Waals surface area (Å²) in [6.07, 6.45) is 3.02. The van der Waals surface area contributed by atoms with Crippen molar-refractivity contribution < 1.29 is 4.74 Å². The van der Waals surface area contributed by atoms with Crippen LogP contribution >= 0.6 is 0 Å². The van der Waals surface area contributed by atoms with E-state index in [0.29, 0.717) is 0 Å². The SMILES string of the molecule is CCNCc1cc(-c2cn(C)nc2CC)ccc1OC. The zero-order valence-electron chi connectivity index (χ0n) is 12.7. The molecule has 2 aromatic rings. The van der Waals surface area contributed by atoms with Gasteiger partial charge in [0.1, 0.15) is 5.75 Å². The Morgan fingerprint density at radius 2 is 2.10 bits per heavy atom. The van der Waals surface area contributed by atoms with E-state index in [1.807, 2.05) is 17.8 Å². The minimum Gasteiger partial charge on any atom is -0.496 e. The number of methoxy groups -OCH3 is 1. The number of aryl methyl sites for hydroxylation is 2. The van der Waals surface area contributed by atoms with E-state index < -0.39 is 0 Å². The highest BCUT2D eigenvalue weighted by molar-refractivity contribution is 5.67. The number of benzene rings is 1. The molecular formula is C16H23N3O. The molecule has 4 heteroatoms. The minimum absolute atomic E-state index is 0.815. The van der Waals surface area contributed by atoms with Crippen LogP contribution < -0.4 is 10.1 Å². The molecule has 1 aromatic carbocycles. The predicted octanol–water partition coefficient (Wildman–Crippen LogP) is 2.77. The highest BCUT2D eigenvalue weighted by Gasteiger charge is 2.11. The third-order valence-electron chi connectivity index (χ3n) is 3.40. The summed E-state index contributed by atoms with van der Waals surface area (Å²) in [5.41, 5.74) is 4.71. The van der Waals surface area contributed by atoms with Gasteiger partial charge in [-0.3, -0.25) is 4.68 Å². The molecule has 0 aliphatic carbocycles. The highest BCUT2D eigenvalue weighted by atomic mass is 16.5. The van der Waals surface area contributed by atoms with Crippen molar-refractivity contribution in [2.24, 2.45) is 7.05 Å². The molecule has 1 aromatic heterocycles. The summed E-state index contributed by atoms with van der Waals surface area (Å²) in [6.45, 7) is 6.00. The smallest absolute Gasteiger partial charge is 0.123 e. The molecule has 0 unspecified atom stereocenters. The van der Waals surface area contributed by atoms with Crippen molar-refractivity contribution in [2.45, 2.75) is 26.8 Å². The first-order valence-corrected chi connectivity index (χ1v) is 7.10. The Morgan fingerprint density at radius 3 is 2.75 bits per heavy atom. The number of ether oxygens (including phenoxy) is 1. The molecule has 4 nitrogen and oxygen atoms in total. The van der Waals surface area contributed by atoms with Crippen LogP contribution in [0.5, 0.6) is 5.75 Å². The van der Waals surface area contributed by atoms with Gasteiger partial charge < -0.3 is 10.1 Å². The third-order valence-corrected chi connectivity index (χ3v) is 3.40. The zero-order chi connectivity index (χ0) is 14.5. The van der Waals surface area contributed by atoms with Crippen molar-refractivity contribution in [3.05, 3.63) is 35.7 Å². The van der Waals surface area contributed by atoms with Gasteiger partial charge in [0.2, 0.25) is 0 Å². The van der Waals surface area contributed by atoms with Crippen molar-refractivity contribution in [3.8, 4) is 16.9 Å². The van der Waals surface area contributed by atoms with Crippen LogP contribution in [0.2, 0.25) is 0 Å². The topological polar surface area (TPSA) is 39.1 Å². The van der Waals surface area contributed by atoms with E-state index in [4.69, 9.17) is 4.74 Å². The summed E-state index contributed by atoms with van der Waals surface area (Å²) in [7, 11) is 3.68. The quantitative estimate of drug-likeness (QED) is 0.879. The van der Waals surface area contributed by atoms with Gasteiger partial charge in [-0.2, -0.15) is 5.10 Å². The number of nitrogens with one attached hydrogen (secondary N) is 1. The Bertz CT molecular complexity index is 575. The average Bonchev–Trinajstić information content (AvgIpc) is 2.85. The first kappa shape index (κ1) is 14.6. The van der Waals surface area contributed by atoms with Crippen molar-refractivity contribution in [3.63, 3.8) is 0 Å². The Labute approximate surface area is 120 Å². The van der Waals surface area contributed by atoms with E-state index in [1.54, 1.807) is 7.11 Å². The largest absolute Gasteiger partial charge is 0.496 e. The second kappa shape index (κ2) is 6.57. The number of rotatable bonds is 6. The van der Waals surface area contributed by atoms with E-state index in [1.165, 1.54) is 16.7 Å². The summed E-state index contributed by atoms with van der Waals surface area (Å²) < 4.78 is 7.31. The molecule has 20 heavy (non-hydrogen) atoms. The lowest BCUT2D eigenvalue weighted by Crippen LogP contribution is -2.12.